The summed E-state index contributed by atoms with van der Waals surface area (Å²) in [5.74, 6) is 5.00. The zero-order valence-corrected chi connectivity index (χ0v) is 23.8. The van der Waals surface area contributed by atoms with Gasteiger partial charge in [0.05, 0.1) is 28.6 Å². The van der Waals surface area contributed by atoms with Crippen LogP contribution in [0.1, 0.15) is 23.2 Å². The van der Waals surface area contributed by atoms with Gasteiger partial charge < -0.3 is 15.6 Å². The van der Waals surface area contributed by atoms with Crippen LogP contribution in [-0.2, 0) is 23.5 Å². The van der Waals surface area contributed by atoms with Gasteiger partial charge in [-0.3, -0.25) is 9.69 Å². The van der Waals surface area contributed by atoms with E-state index in [0.717, 1.165) is 41.7 Å². The minimum Gasteiger partial charge on any atom is -0.406 e. The average molecular weight is 642 g/mol. The van der Waals surface area contributed by atoms with Crippen molar-refractivity contribution >= 4 is 21.2 Å². The number of rotatable bonds is 9. The number of nitrogens with two attached hydrogens (primary N) is 2. The number of halogens is 6. The van der Waals surface area contributed by atoms with Crippen molar-refractivity contribution < 1.29 is 44.6 Å². The molecular weight excluding hydrogens is 616 g/mol. The Bertz CT molecular complexity index is 1820. The first-order valence-corrected chi connectivity index (χ1v) is 14.4. The number of aryl methyl sites for hydroxylation is 1. The Morgan fingerprint density at radius 1 is 1.09 bits per heavy atom. The Morgan fingerprint density at radius 3 is 2.27 bits per heavy atom. The molecule has 1 aromatic heterocycles. The summed E-state index contributed by atoms with van der Waals surface area (Å²) in [4.78, 5) is -0.442. The number of ether oxygens (including phenoxy) is 1. The first-order valence-electron chi connectivity index (χ1n) is 12.5. The number of aliphatic hydroxyl groups is 1. The predicted octanol–water partition coefficient (Wildman–Crippen LogP) is 5.26. The minimum atomic E-state index is -4.92. The smallest absolute Gasteiger partial charge is 0.406 e. The van der Waals surface area contributed by atoms with E-state index in [1.165, 1.54) is 48.1 Å². The lowest BCUT2D eigenvalue weighted by Gasteiger charge is -2.26. The first-order chi connectivity index (χ1) is 20.5. The normalized spacial score (nSPS) is 12.6. The van der Waals surface area contributed by atoms with Crippen LogP contribution in [0.15, 0.2) is 71.8 Å². The number of alkyl halides is 5. The summed E-state index contributed by atoms with van der Waals surface area (Å²) in [5.41, 5.74) is 6.01. The molecule has 234 valence electrons. The fourth-order valence-corrected chi connectivity index (χ4v) is 5.46. The maximum atomic E-state index is 15.0. The summed E-state index contributed by atoms with van der Waals surface area (Å²) in [6, 6.07) is 12.2. The summed E-state index contributed by atoms with van der Waals surface area (Å²) in [7, 11) is -2.56. The van der Waals surface area contributed by atoms with Gasteiger partial charge in [-0.25, -0.2) is 27.4 Å². The van der Waals surface area contributed by atoms with Crippen molar-refractivity contribution in [2.24, 2.45) is 18.6 Å². The summed E-state index contributed by atoms with van der Waals surface area (Å²) in [6.07, 6.45) is -5.91. The van der Waals surface area contributed by atoms with E-state index < -0.39 is 57.0 Å². The molecule has 0 spiro atoms. The molecule has 0 fully saturated rings. The van der Waals surface area contributed by atoms with Crippen LogP contribution in [0.5, 0.6) is 5.75 Å². The zero-order chi connectivity index (χ0) is 32.6. The lowest BCUT2D eigenvalue weighted by Crippen LogP contribution is -2.30. The lowest BCUT2D eigenvalue weighted by molar-refractivity contribution is -0.274. The van der Waals surface area contributed by atoms with Gasteiger partial charge in [-0.2, -0.15) is 5.10 Å². The lowest BCUT2D eigenvalue weighted by atomic mass is 9.98. The van der Waals surface area contributed by atoms with Crippen molar-refractivity contribution in [3.05, 3.63) is 89.5 Å². The number of hydrogen-bond donors (Lipinski definition) is 3. The summed E-state index contributed by atoms with van der Waals surface area (Å²) < 4.78 is 110. The maximum Gasteiger partial charge on any atom is 0.573 e. The predicted molar refractivity (Wildman–Crippen MR) is 150 cm³/mol. The van der Waals surface area contributed by atoms with Crippen molar-refractivity contribution in [3.63, 3.8) is 0 Å². The number of aromatic nitrogens is 2. The SMILES string of the molecule is Cn1nc(C(F)F)cc1-c1ccc(-c2cc(F)c(CO)c(S(C)(=O)=O)c2)cc1N(N)/C(=C\N)c1ccc(OC(F)(F)F)cc1. The molecule has 4 rings (SSSR count). The molecule has 0 saturated heterocycles. The third-order valence-corrected chi connectivity index (χ3v) is 7.67. The number of hydrogen-bond acceptors (Lipinski definition) is 8. The van der Waals surface area contributed by atoms with Crippen LogP contribution in [0.2, 0.25) is 0 Å². The molecule has 0 amide bonds. The van der Waals surface area contributed by atoms with E-state index >= 15 is 0 Å². The number of sulfone groups is 1. The van der Waals surface area contributed by atoms with Crippen LogP contribution in [-0.4, -0.2) is 35.9 Å². The van der Waals surface area contributed by atoms with E-state index in [4.69, 9.17) is 11.6 Å². The Morgan fingerprint density at radius 2 is 1.75 bits per heavy atom. The molecule has 0 aliphatic rings. The van der Waals surface area contributed by atoms with Gasteiger partial charge in [0.15, 0.2) is 9.84 Å². The van der Waals surface area contributed by atoms with Crippen LogP contribution < -0.4 is 21.3 Å². The zero-order valence-electron chi connectivity index (χ0n) is 23.0. The van der Waals surface area contributed by atoms with Gasteiger partial charge in [0.1, 0.15) is 17.3 Å². The second-order valence-electron chi connectivity index (χ2n) is 9.47. The molecule has 4 aromatic rings. The number of hydrazine groups is 1. The molecule has 9 nitrogen and oxygen atoms in total. The molecule has 0 aliphatic heterocycles. The molecule has 16 heteroatoms. The molecule has 1 heterocycles. The third-order valence-electron chi connectivity index (χ3n) is 6.50. The first kappa shape index (κ1) is 32.4. The van der Waals surface area contributed by atoms with Crippen molar-refractivity contribution in [2.75, 3.05) is 11.3 Å². The van der Waals surface area contributed by atoms with Gasteiger partial charge in [-0.05, 0) is 59.7 Å². The highest BCUT2D eigenvalue weighted by Gasteiger charge is 2.31. The van der Waals surface area contributed by atoms with Gasteiger partial charge in [-0.15, -0.1) is 13.2 Å². The molecule has 0 bridgehead atoms. The molecular formula is C28H25F6N5O4S. The highest BCUT2D eigenvalue weighted by Crippen LogP contribution is 2.39. The standard InChI is InChI=1S/C28H25F6N5O4S/c1-38-23(12-22(37-38)27(30)31)19-8-5-16(17-9-21(29)20(14-40)26(11-17)44(2,41)42)10-24(19)39(36)25(13-35)15-3-6-18(7-4-15)43-28(32,33)34/h3-13,27,40H,14,35-36H2,1-2H3/b25-13-. The summed E-state index contributed by atoms with van der Waals surface area (Å²) >= 11 is 0. The second kappa shape index (κ2) is 12.2. The second-order valence-corrected chi connectivity index (χ2v) is 11.5. The molecule has 0 unspecified atom stereocenters. The highest BCUT2D eigenvalue weighted by molar-refractivity contribution is 7.90. The van der Waals surface area contributed by atoms with Crippen LogP contribution in [0.3, 0.4) is 0 Å². The van der Waals surface area contributed by atoms with Crippen LogP contribution in [0.4, 0.5) is 32.0 Å². The quantitative estimate of drug-likeness (QED) is 0.128. The van der Waals surface area contributed by atoms with Gasteiger partial charge in [-0.1, -0.05) is 12.1 Å². The molecule has 3 aromatic carbocycles. The summed E-state index contributed by atoms with van der Waals surface area (Å²) in [5, 5.41) is 14.4. The van der Waals surface area contributed by atoms with Crippen molar-refractivity contribution in [2.45, 2.75) is 24.3 Å². The number of anilines is 1. The van der Waals surface area contributed by atoms with Crippen molar-refractivity contribution in [1.29, 1.82) is 0 Å². The largest absolute Gasteiger partial charge is 0.573 e. The molecule has 0 saturated carbocycles. The number of nitrogens with zero attached hydrogens (tertiary/aromatic N) is 3. The van der Waals surface area contributed by atoms with Crippen LogP contribution in [0, 0.1) is 5.82 Å². The van der Waals surface area contributed by atoms with E-state index in [2.05, 4.69) is 9.84 Å². The topological polar surface area (TPSA) is 137 Å². The molecule has 5 N–H and O–H groups in total. The van der Waals surface area contributed by atoms with E-state index in [9.17, 15) is 39.9 Å². The fourth-order valence-electron chi connectivity index (χ4n) is 4.51. The van der Waals surface area contributed by atoms with Crippen LogP contribution in [0.25, 0.3) is 28.1 Å². The minimum absolute atomic E-state index is 0.0526. The maximum absolute atomic E-state index is 15.0. The fraction of sp³-hybridized carbons (Fsp3) is 0.179. The van der Waals surface area contributed by atoms with Gasteiger partial charge >= 0.3 is 6.36 Å². The highest BCUT2D eigenvalue weighted by atomic mass is 32.2. The van der Waals surface area contributed by atoms with E-state index in [0.29, 0.717) is 0 Å². The van der Waals surface area contributed by atoms with Gasteiger partial charge in [0, 0.05) is 36.2 Å². The average Bonchev–Trinajstić information content (AvgIpc) is 3.34. The van der Waals surface area contributed by atoms with Crippen molar-refractivity contribution in [3.8, 4) is 28.1 Å². The number of aliphatic hydroxyl groups excluding tert-OH is 1. The molecule has 44 heavy (non-hydrogen) atoms. The summed E-state index contributed by atoms with van der Waals surface area (Å²) in [6.45, 7) is -0.875. The van der Waals surface area contributed by atoms with Gasteiger partial charge in [0.2, 0.25) is 0 Å². The molecule has 0 aliphatic carbocycles. The van der Waals surface area contributed by atoms with Crippen molar-refractivity contribution in [1.82, 2.24) is 9.78 Å². The number of benzene rings is 3. The molecule has 0 radical (unpaired) electrons. The molecule has 0 atom stereocenters. The van der Waals surface area contributed by atoms with Gasteiger partial charge in [0.25, 0.3) is 6.43 Å². The Hall–Kier alpha value is -4.54. The Kier molecular flexibility index (Phi) is 8.99. The Balaban J connectivity index is 1.90. The van der Waals surface area contributed by atoms with E-state index in [-0.39, 0.29) is 39.3 Å². The third kappa shape index (κ3) is 6.82. The van der Waals surface area contributed by atoms with E-state index in [1.807, 2.05) is 0 Å². The Labute approximate surface area is 247 Å². The van der Waals surface area contributed by atoms with Crippen LogP contribution >= 0.6 is 0 Å². The monoisotopic (exact) mass is 641 g/mol. The van der Waals surface area contributed by atoms with E-state index in [1.54, 1.807) is 0 Å².